The fraction of sp³-hybridized carbons (Fsp3) is 0.294. The molecule has 1 aromatic carbocycles. The molecule has 1 N–H and O–H groups in total. The van der Waals surface area contributed by atoms with Gasteiger partial charge in [-0.3, -0.25) is 0 Å². The first-order chi connectivity index (χ1) is 9.17. The Kier molecular flexibility index (Phi) is 5.94. The fourth-order valence-corrected chi connectivity index (χ4v) is 2.01. The molecule has 0 aliphatic rings. The molecule has 102 valence electrons. The molecule has 0 fully saturated rings. The van der Waals surface area contributed by atoms with E-state index in [1.807, 2.05) is 19.2 Å². The Morgan fingerprint density at radius 1 is 1.37 bits per heavy atom. The van der Waals surface area contributed by atoms with E-state index in [4.69, 9.17) is 0 Å². The summed E-state index contributed by atoms with van der Waals surface area (Å²) in [6, 6.07) is 6.43. The van der Waals surface area contributed by atoms with Crippen molar-refractivity contribution >= 4 is 11.8 Å². The van der Waals surface area contributed by atoms with Crippen LogP contribution in [0.4, 0.5) is 5.69 Å². The van der Waals surface area contributed by atoms with Crippen LogP contribution >= 0.6 is 0 Å². The summed E-state index contributed by atoms with van der Waals surface area (Å²) in [5.41, 5.74) is 3.63. The third-order valence-corrected chi connectivity index (χ3v) is 3.19. The summed E-state index contributed by atoms with van der Waals surface area (Å²) in [5.74, 6) is 0.901. The first kappa shape index (κ1) is 15.1. The second kappa shape index (κ2) is 7.47. The van der Waals surface area contributed by atoms with Gasteiger partial charge in [-0.1, -0.05) is 44.4 Å². The smallest absolute Gasteiger partial charge is 0.0981 e. The molecule has 0 aliphatic carbocycles. The Balaban J connectivity index is 3.21. The first-order valence-electron chi connectivity index (χ1n) is 6.68. The number of nitrogens with zero attached hydrogens (tertiary/aromatic N) is 1. The van der Waals surface area contributed by atoms with Crippen molar-refractivity contribution < 1.29 is 0 Å². The van der Waals surface area contributed by atoms with Crippen LogP contribution < -0.4 is 10.2 Å². The number of nitrogens with one attached hydrogen (secondary N) is 1. The van der Waals surface area contributed by atoms with Gasteiger partial charge >= 0.3 is 0 Å². The van der Waals surface area contributed by atoms with Crippen molar-refractivity contribution in [3.63, 3.8) is 0 Å². The van der Waals surface area contributed by atoms with Gasteiger partial charge in [0.2, 0.25) is 0 Å². The molecule has 19 heavy (non-hydrogen) atoms. The molecule has 0 atom stereocenters. The average molecular weight is 256 g/mol. The zero-order valence-electron chi connectivity index (χ0n) is 12.1. The number of anilines is 1. The molecule has 1 aromatic rings. The average Bonchev–Trinajstić information content (AvgIpc) is 2.46. The van der Waals surface area contributed by atoms with E-state index in [1.54, 1.807) is 0 Å². The van der Waals surface area contributed by atoms with Crippen molar-refractivity contribution in [1.29, 1.82) is 0 Å². The number of hydrogen-bond donors (Lipinski definition) is 1. The van der Waals surface area contributed by atoms with Gasteiger partial charge in [0.1, 0.15) is 0 Å². The molecule has 2 nitrogen and oxygen atoms in total. The predicted octanol–water partition coefficient (Wildman–Crippen LogP) is 3.97. The molecule has 0 saturated heterocycles. The van der Waals surface area contributed by atoms with Gasteiger partial charge in [-0.25, -0.2) is 0 Å². The van der Waals surface area contributed by atoms with Gasteiger partial charge in [0, 0.05) is 19.3 Å². The van der Waals surface area contributed by atoms with Crippen molar-refractivity contribution in [3.8, 4) is 0 Å². The van der Waals surface area contributed by atoms with Crippen LogP contribution in [0.2, 0.25) is 0 Å². The minimum atomic E-state index is 0.872. The maximum absolute atomic E-state index is 4.09. The number of aryl methyl sites for hydroxylation is 1. The second-order valence-corrected chi connectivity index (χ2v) is 4.37. The second-order valence-electron chi connectivity index (χ2n) is 4.37. The van der Waals surface area contributed by atoms with Gasteiger partial charge in [0.05, 0.1) is 5.82 Å². The van der Waals surface area contributed by atoms with Crippen LogP contribution in [0.1, 0.15) is 24.5 Å². The Hall–Kier alpha value is -1.96. The summed E-state index contributed by atoms with van der Waals surface area (Å²) in [5, 5.41) is 3.13. The lowest BCUT2D eigenvalue weighted by Gasteiger charge is -2.28. The summed E-state index contributed by atoms with van der Waals surface area (Å²) < 4.78 is 0. The van der Waals surface area contributed by atoms with Gasteiger partial charge in [-0.05, 0) is 30.0 Å². The van der Waals surface area contributed by atoms with E-state index in [2.05, 4.69) is 55.1 Å². The number of hydrogen-bond acceptors (Lipinski definition) is 2. The number of rotatable bonds is 8. The summed E-state index contributed by atoms with van der Waals surface area (Å²) >= 11 is 0. The minimum Gasteiger partial charge on any atom is -0.375 e. The van der Waals surface area contributed by atoms with Crippen LogP contribution in [0, 0.1) is 0 Å². The highest BCUT2D eigenvalue weighted by Gasteiger charge is 2.12. The van der Waals surface area contributed by atoms with Gasteiger partial charge in [0.25, 0.3) is 0 Å². The molecule has 0 unspecified atom stereocenters. The van der Waals surface area contributed by atoms with E-state index in [0.29, 0.717) is 0 Å². The zero-order valence-corrected chi connectivity index (χ0v) is 12.1. The van der Waals surface area contributed by atoms with Crippen molar-refractivity contribution in [2.75, 3.05) is 18.5 Å². The highest BCUT2D eigenvalue weighted by Crippen LogP contribution is 2.26. The molecule has 0 amide bonds. The van der Waals surface area contributed by atoms with Crippen molar-refractivity contribution in [1.82, 2.24) is 5.32 Å². The topological polar surface area (TPSA) is 15.3 Å². The Morgan fingerprint density at radius 3 is 2.63 bits per heavy atom. The SMILES string of the molecule is C=CCCN(C(=C)NC)c1cc(C=C)ccc1CC. The minimum absolute atomic E-state index is 0.872. The van der Waals surface area contributed by atoms with E-state index in [-0.39, 0.29) is 0 Å². The van der Waals surface area contributed by atoms with Crippen LogP contribution in [-0.4, -0.2) is 13.6 Å². The highest BCUT2D eigenvalue weighted by atomic mass is 15.2. The lowest BCUT2D eigenvalue weighted by Crippen LogP contribution is -2.30. The van der Waals surface area contributed by atoms with E-state index in [1.165, 1.54) is 11.3 Å². The highest BCUT2D eigenvalue weighted by molar-refractivity contribution is 5.64. The fourth-order valence-electron chi connectivity index (χ4n) is 2.01. The molecule has 0 aliphatic heterocycles. The van der Waals surface area contributed by atoms with Gasteiger partial charge in [-0.2, -0.15) is 0 Å². The summed E-state index contributed by atoms with van der Waals surface area (Å²) in [6.07, 6.45) is 5.71. The molecule has 0 heterocycles. The van der Waals surface area contributed by atoms with E-state index in [9.17, 15) is 0 Å². The van der Waals surface area contributed by atoms with Crippen molar-refractivity contribution in [3.05, 3.63) is 61.0 Å². The summed E-state index contributed by atoms with van der Waals surface area (Å²) in [6.45, 7) is 14.8. The molecule has 0 radical (unpaired) electrons. The maximum Gasteiger partial charge on any atom is 0.0981 e. The zero-order chi connectivity index (χ0) is 14.3. The third kappa shape index (κ3) is 3.75. The van der Waals surface area contributed by atoms with Crippen LogP contribution in [0.5, 0.6) is 0 Å². The molecule has 0 spiro atoms. The molecule has 1 rings (SSSR count). The van der Waals surface area contributed by atoms with E-state index in [0.717, 1.165) is 30.8 Å². The summed E-state index contributed by atoms with van der Waals surface area (Å²) in [7, 11) is 1.90. The Morgan fingerprint density at radius 2 is 2.11 bits per heavy atom. The first-order valence-corrected chi connectivity index (χ1v) is 6.68. The van der Waals surface area contributed by atoms with Gasteiger partial charge < -0.3 is 10.2 Å². The van der Waals surface area contributed by atoms with Crippen LogP contribution in [-0.2, 0) is 6.42 Å². The Bertz CT molecular complexity index is 460. The number of benzene rings is 1. The predicted molar refractivity (Wildman–Crippen MR) is 86.3 cm³/mol. The van der Waals surface area contributed by atoms with Crippen LogP contribution in [0.25, 0.3) is 6.08 Å². The van der Waals surface area contributed by atoms with Gasteiger partial charge in [0.15, 0.2) is 0 Å². The van der Waals surface area contributed by atoms with E-state index < -0.39 is 0 Å². The molecule has 0 bridgehead atoms. The lowest BCUT2D eigenvalue weighted by atomic mass is 10.1. The maximum atomic E-state index is 4.09. The quantitative estimate of drug-likeness (QED) is 0.708. The largest absolute Gasteiger partial charge is 0.375 e. The summed E-state index contributed by atoms with van der Waals surface area (Å²) in [4.78, 5) is 2.20. The standard InChI is InChI=1S/C17H24N2/c1-6-9-12-19(14(4)18-5)17-13-15(7-2)10-11-16(17)8-3/h6-7,10-11,13,18H,1-2,4,8-9,12H2,3,5H3. The molecule has 2 heteroatoms. The van der Waals surface area contributed by atoms with Crippen molar-refractivity contribution in [2.24, 2.45) is 0 Å². The van der Waals surface area contributed by atoms with E-state index >= 15 is 0 Å². The van der Waals surface area contributed by atoms with Gasteiger partial charge in [-0.15, -0.1) is 6.58 Å². The third-order valence-electron chi connectivity index (χ3n) is 3.19. The van der Waals surface area contributed by atoms with Crippen LogP contribution in [0.15, 0.2) is 49.8 Å². The monoisotopic (exact) mass is 256 g/mol. The Labute approximate surface area is 117 Å². The lowest BCUT2D eigenvalue weighted by molar-refractivity contribution is 0.813. The van der Waals surface area contributed by atoms with Crippen LogP contribution in [0.3, 0.4) is 0 Å². The molecular formula is C17H24N2. The van der Waals surface area contributed by atoms with Crippen molar-refractivity contribution in [2.45, 2.75) is 19.8 Å². The molecular weight excluding hydrogens is 232 g/mol. The molecule has 0 aromatic heterocycles. The normalized spacial score (nSPS) is 9.79. The molecule has 0 saturated carbocycles.